The van der Waals surface area contributed by atoms with Crippen molar-refractivity contribution >= 4 is 0 Å². The Morgan fingerprint density at radius 1 is 1.38 bits per heavy atom. The van der Waals surface area contributed by atoms with Crippen molar-refractivity contribution in [2.24, 2.45) is 0 Å². The molecule has 0 radical (unpaired) electrons. The van der Waals surface area contributed by atoms with Crippen molar-refractivity contribution in [3.63, 3.8) is 0 Å². The highest BCUT2D eigenvalue weighted by Gasteiger charge is 2.01. The van der Waals surface area contributed by atoms with E-state index >= 15 is 0 Å². The molecule has 90 valence electrons. The number of pyridine rings is 1. The van der Waals surface area contributed by atoms with E-state index in [9.17, 15) is 0 Å². The van der Waals surface area contributed by atoms with Crippen LogP contribution >= 0.6 is 0 Å². The van der Waals surface area contributed by atoms with Crippen molar-refractivity contribution in [3.8, 4) is 0 Å². The average molecular weight is 221 g/mol. The summed E-state index contributed by atoms with van der Waals surface area (Å²) in [4.78, 5) is 6.34. The van der Waals surface area contributed by atoms with Gasteiger partial charge in [-0.3, -0.25) is 4.98 Å². The third-order valence-corrected chi connectivity index (χ3v) is 2.80. The monoisotopic (exact) mass is 221 g/mol. The predicted molar refractivity (Wildman–Crippen MR) is 68.3 cm³/mol. The molecule has 0 aromatic carbocycles. The largest absolute Gasteiger partial charge is 0.313 e. The molecular weight excluding hydrogens is 198 g/mol. The van der Waals surface area contributed by atoms with Crippen molar-refractivity contribution in [2.75, 3.05) is 20.1 Å². The first-order valence-electron chi connectivity index (χ1n) is 6.03. The third kappa shape index (κ3) is 5.24. The van der Waals surface area contributed by atoms with Gasteiger partial charge in [-0.1, -0.05) is 6.92 Å². The fourth-order valence-corrected chi connectivity index (χ4v) is 1.53. The Labute approximate surface area is 98.9 Å². The Balaban J connectivity index is 2.19. The average Bonchev–Trinajstić information content (AvgIpc) is 2.30. The van der Waals surface area contributed by atoms with Gasteiger partial charge in [0.1, 0.15) is 0 Å². The third-order valence-electron chi connectivity index (χ3n) is 2.80. The minimum Gasteiger partial charge on any atom is -0.313 e. The molecule has 1 atom stereocenters. The summed E-state index contributed by atoms with van der Waals surface area (Å²) in [6.07, 6.45) is 4.88. The number of hydrogen-bond donors (Lipinski definition) is 1. The topological polar surface area (TPSA) is 28.2 Å². The van der Waals surface area contributed by atoms with Gasteiger partial charge in [0, 0.05) is 38.1 Å². The van der Waals surface area contributed by atoms with Crippen LogP contribution in [-0.2, 0) is 6.54 Å². The number of hydrogen-bond acceptors (Lipinski definition) is 3. The van der Waals surface area contributed by atoms with Crippen LogP contribution in [0.4, 0.5) is 0 Å². The van der Waals surface area contributed by atoms with Crippen LogP contribution < -0.4 is 5.32 Å². The molecular formula is C13H23N3. The molecule has 16 heavy (non-hydrogen) atoms. The van der Waals surface area contributed by atoms with E-state index in [1.54, 1.807) is 0 Å². The molecule has 1 unspecified atom stereocenters. The Hall–Kier alpha value is -0.930. The molecule has 1 aromatic rings. The van der Waals surface area contributed by atoms with Gasteiger partial charge in [0.25, 0.3) is 0 Å². The molecule has 0 amide bonds. The number of nitrogens with one attached hydrogen (secondary N) is 1. The molecule has 1 N–H and O–H groups in total. The lowest BCUT2D eigenvalue weighted by atomic mass is 10.2. The van der Waals surface area contributed by atoms with Crippen LogP contribution in [0.15, 0.2) is 24.5 Å². The second kappa shape index (κ2) is 7.36. The van der Waals surface area contributed by atoms with E-state index in [4.69, 9.17) is 0 Å². The molecule has 1 rings (SSSR count). The van der Waals surface area contributed by atoms with Crippen molar-refractivity contribution in [2.45, 2.75) is 32.9 Å². The minimum atomic E-state index is 0.620. The van der Waals surface area contributed by atoms with Gasteiger partial charge in [-0.05, 0) is 38.1 Å². The van der Waals surface area contributed by atoms with E-state index < -0.39 is 0 Å². The molecule has 0 fully saturated rings. The molecule has 0 aliphatic rings. The van der Waals surface area contributed by atoms with Crippen molar-refractivity contribution in [1.29, 1.82) is 0 Å². The molecule has 1 aromatic heterocycles. The summed E-state index contributed by atoms with van der Waals surface area (Å²) in [5.74, 6) is 0. The summed E-state index contributed by atoms with van der Waals surface area (Å²) in [5, 5.41) is 3.49. The first-order valence-corrected chi connectivity index (χ1v) is 6.03. The van der Waals surface area contributed by atoms with Gasteiger partial charge in [-0.15, -0.1) is 0 Å². The zero-order chi connectivity index (χ0) is 11.8. The normalized spacial score (nSPS) is 13.0. The van der Waals surface area contributed by atoms with Crippen molar-refractivity contribution < 1.29 is 0 Å². The number of aromatic nitrogens is 1. The van der Waals surface area contributed by atoms with Gasteiger partial charge in [-0.2, -0.15) is 0 Å². The van der Waals surface area contributed by atoms with E-state index in [2.05, 4.69) is 48.2 Å². The maximum atomic E-state index is 4.02. The van der Waals surface area contributed by atoms with Gasteiger partial charge in [0.15, 0.2) is 0 Å². The number of likely N-dealkylation sites (N-methyl/N-ethyl adjacent to an activating group) is 1. The highest BCUT2D eigenvalue weighted by atomic mass is 15.1. The molecule has 0 spiro atoms. The summed E-state index contributed by atoms with van der Waals surface area (Å²) in [6, 6.07) is 4.76. The lowest BCUT2D eigenvalue weighted by Gasteiger charge is -2.18. The Morgan fingerprint density at radius 2 is 2.06 bits per heavy atom. The van der Waals surface area contributed by atoms with E-state index in [1.165, 1.54) is 12.0 Å². The zero-order valence-corrected chi connectivity index (χ0v) is 10.6. The van der Waals surface area contributed by atoms with Gasteiger partial charge in [0.05, 0.1) is 0 Å². The fraction of sp³-hybridized carbons (Fsp3) is 0.615. The van der Waals surface area contributed by atoms with Crippen LogP contribution in [0.5, 0.6) is 0 Å². The molecule has 1 heterocycles. The summed E-state index contributed by atoms with van der Waals surface area (Å²) < 4.78 is 0. The fourth-order valence-electron chi connectivity index (χ4n) is 1.53. The maximum Gasteiger partial charge on any atom is 0.0271 e. The lowest BCUT2D eigenvalue weighted by molar-refractivity contribution is 0.317. The Morgan fingerprint density at radius 3 is 2.69 bits per heavy atom. The predicted octanol–water partition coefficient (Wildman–Crippen LogP) is 1.90. The van der Waals surface area contributed by atoms with Crippen LogP contribution in [0, 0.1) is 0 Å². The Bertz CT molecular complexity index is 274. The van der Waals surface area contributed by atoms with Gasteiger partial charge in [0.2, 0.25) is 0 Å². The van der Waals surface area contributed by atoms with Crippen LogP contribution in [0.1, 0.15) is 25.8 Å². The van der Waals surface area contributed by atoms with Gasteiger partial charge < -0.3 is 10.2 Å². The molecule has 0 aliphatic heterocycles. The van der Waals surface area contributed by atoms with E-state index in [0.29, 0.717) is 6.04 Å². The summed E-state index contributed by atoms with van der Waals surface area (Å²) in [6.45, 7) is 7.55. The molecule has 0 saturated heterocycles. The molecule has 0 saturated carbocycles. The van der Waals surface area contributed by atoms with E-state index in [1.807, 2.05) is 12.4 Å². The SMILES string of the molecule is CCC(C)NCCN(C)Cc1ccncc1. The van der Waals surface area contributed by atoms with Crippen LogP contribution in [0.2, 0.25) is 0 Å². The summed E-state index contributed by atoms with van der Waals surface area (Å²) >= 11 is 0. The van der Waals surface area contributed by atoms with E-state index in [0.717, 1.165) is 19.6 Å². The van der Waals surface area contributed by atoms with Gasteiger partial charge in [-0.25, -0.2) is 0 Å². The van der Waals surface area contributed by atoms with Crippen molar-refractivity contribution in [3.05, 3.63) is 30.1 Å². The van der Waals surface area contributed by atoms with Crippen LogP contribution in [-0.4, -0.2) is 36.1 Å². The second-order valence-corrected chi connectivity index (χ2v) is 4.36. The summed E-state index contributed by atoms with van der Waals surface area (Å²) in [7, 11) is 2.15. The highest BCUT2D eigenvalue weighted by molar-refractivity contribution is 5.09. The van der Waals surface area contributed by atoms with E-state index in [-0.39, 0.29) is 0 Å². The molecule has 0 aliphatic carbocycles. The quantitative estimate of drug-likeness (QED) is 0.762. The maximum absolute atomic E-state index is 4.02. The smallest absolute Gasteiger partial charge is 0.0271 e. The lowest BCUT2D eigenvalue weighted by Crippen LogP contribution is -2.33. The Kier molecular flexibility index (Phi) is 6.04. The standard InChI is InChI=1S/C13H23N3/c1-4-12(2)15-9-10-16(3)11-13-5-7-14-8-6-13/h5-8,12,15H,4,9-11H2,1-3H3. The van der Waals surface area contributed by atoms with Crippen LogP contribution in [0.25, 0.3) is 0 Å². The molecule has 3 heteroatoms. The first-order chi connectivity index (χ1) is 7.72. The first kappa shape index (κ1) is 13.1. The van der Waals surface area contributed by atoms with Gasteiger partial charge >= 0.3 is 0 Å². The highest BCUT2D eigenvalue weighted by Crippen LogP contribution is 2.00. The van der Waals surface area contributed by atoms with Crippen LogP contribution in [0.3, 0.4) is 0 Å². The summed E-state index contributed by atoms with van der Waals surface area (Å²) in [5.41, 5.74) is 1.32. The minimum absolute atomic E-state index is 0.620. The molecule has 3 nitrogen and oxygen atoms in total. The number of nitrogens with zero attached hydrogens (tertiary/aromatic N) is 2. The van der Waals surface area contributed by atoms with Crippen molar-refractivity contribution in [1.82, 2.24) is 15.2 Å². The second-order valence-electron chi connectivity index (χ2n) is 4.36. The number of rotatable bonds is 7. The molecule has 0 bridgehead atoms. The zero-order valence-electron chi connectivity index (χ0n) is 10.6.